The van der Waals surface area contributed by atoms with E-state index < -0.39 is 291 Å². The molecule has 45 nitrogen and oxygen atoms in total. The monoisotopic (exact) mass is 2040 g/mol. The molecular formula is C99H139N21O24S. The maximum Gasteiger partial charge on any atom is 0.327 e. The molecule has 0 bridgehead atoms. The van der Waals surface area contributed by atoms with Gasteiger partial charge in [-0.05, 0) is 118 Å². The van der Waals surface area contributed by atoms with Crippen molar-refractivity contribution in [3.05, 3.63) is 102 Å². The number of carbonyl (C=O) groups excluding carboxylic acids is 18. The number of nitrogens with zero attached hydrogens (tertiary/aromatic N) is 6. The average Bonchev–Trinajstić information content (AvgIpc) is 1.61. The first-order chi connectivity index (χ1) is 68.8. The van der Waals surface area contributed by atoms with Crippen molar-refractivity contribution in [2.24, 2.45) is 35.0 Å². The van der Waals surface area contributed by atoms with Gasteiger partial charge in [-0.25, -0.2) is 4.79 Å². The van der Waals surface area contributed by atoms with Crippen LogP contribution in [0.1, 0.15) is 161 Å². The van der Waals surface area contributed by atoms with E-state index in [0.29, 0.717) is 69.5 Å². The molecule has 5 aromatic rings. The Kier molecular flexibility index (Phi) is 44.6. The Morgan fingerprint density at radius 3 is 1.81 bits per heavy atom. The van der Waals surface area contributed by atoms with Crippen LogP contribution in [0, 0.1) is 30.1 Å². The number of unbranched alkanes of at least 4 members (excludes halogenated alkanes) is 2. The number of Topliss-reactive ketones (excluding diaryl/α,β-unsaturated/α-hetero) is 1. The maximum absolute atomic E-state index is 16.1. The molecule has 3 aromatic carbocycles. The molecule has 0 spiro atoms. The van der Waals surface area contributed by atoms with Gasteiger partial charge < -0.3 is 130 Å². The van der Waals surface area contributed by atoms with Crippen molar-refractivity contribution in [1.82, 2.24) is 92.5 Å². The Labute approximate surface area is 844 Å². The van der Waals surface area contributed by atoms with Crippen LogP contribution in [0.15, 0.2) is 85.2 Å². The van der Waals surface area contributed by atoms with Crippen LogP contribution in [0.5, 0.6) is 5.75 Å². The van der Waals surface area contributed by atoms with Crippen LogP contribution in [-0.2, 0) is 122 Å². The molecule has 0 unspecified atom stereocenters. The van der Waals surface area contributed by atoms with Crippen LogP contribution in [0.4, 0.5) is 0 Å². The number of benzene rings is 3. The van der Waals surface area contributed by atoms with E-state index in [0.717, 1.165) is 24.5 Å². The highest BCUT2D eigenvalue weighted by Gasteiger charge is 2.47. The summed E-state index contributed by atoms with van der Waals surface area (Å²) < 4.78 is 1.43. The van der Waals surface area contributed by atoms with Gasteiger partial charge in [-0.3, -0.25) is 91.1 Å². The number of nitrogens with one attached hydrogen (secondary N) is 12. The van der Waals surface area contributed by atoms with Gasteiger partial charge >= 0.3 is 11.9 Å². The third-order valence-corrected chi connectivity index (χ3v) is 26.8. The summed E-state index contributed by atoms with van der Waals surface area (Å²) in [7, 11) is 3.85. The van der Waals surface area contributed by atoms with Gasteiger partial charge in [0.1, 0.15) is 90.8 Å². The number of rotatable bonds is 31. The van der Waals surface area contributed by atoms with Crippen LogP contribution in [-0.4, -0.2) is 335 Å². The smallest absolute Gasteiger partial charge is 0.327 e. The Hall–Kier alpha value is -14.1. The summed E-state index contributed by atoms with van der Waals surface area (Å²) in [6.07, 6.45) is 4.93. The number of fused-ring (bicyclic) bond motifs is 4. The van der Waals surface area contributed by atoms with Crippen molar-refractivity contribution in [3.63, 3.8) is 0 Å². The number of nitrogens with two attached hydrogens (primary N) is 3. The molecule has 22 N–H and O–H groups in total. The SMILES string of the molecule is C#CC[C@H](NC(=O)CNC(=O)CNC(=O)[C@@H]1CSCC(=O)N[C@@H](Cc2ccc(O)cc2)C(=O)N(C)[C@@H](C)C(=O)N[C@@H](CC(N)=O)C(=O)N2CCC[C@H]2C(=O)N[C@@H](CN)C(=O)N[C@@H](CC(C)C)C(=O)N2C[C@H](O)C[C@H]2C(=O)C[C@@H](Cc2c[nH]c3ccccc23)C(=O)N[C@@H](CCN)C(=O)N[C@@H](Cc2cn(CC(=O)O)c3ccccc23)C(=O)N(C)[C@@H](CCCC)C(=O)N(C)[C@@H](CCCC)C(=O)N[C@@H](CC(C)C)C(=O)N1)C(=O)O. The number of aliphatic carboxylic acids is 2. The highest BCUT2D eigenvalue weighted by atomic mass is 32.2. The van der Waals surface area contributed by atoms with E-state index in [1.165, 1.54) is 63.1 Å². The molecule has 16 atom stereocenters. The van der Waals surface area contributed by atoms with E-state index in [9.17, 15) is 78.0 Å². The number of para-hydroxylation sites is 2. The fourth-order valence-corrected chi connectivity index (χ4v) is 18.7. The van der Waals surface area contributed by atoms with Crippen molar-refractivity contribution >= 4 is 152 Å². The summed E-state index contributed by atoms with van der Waals surface area (Å²) in [5, 5.41) is 70.8. The number of carboxylic acids is 2. The summed E-state index contributed by atoms with van der Waals surface area (Å²) in [5.74, 6) is -21.0. The number of thioether (sulfide) groups is 1. The molecule has 8 rings (SSSR count). The van der Waals surface area contributed by atoms with Crippen LogP contribution in [0.2, 0.25) is 0 Å². The molecule has 3 saturated heterocycles. The number of aromatic amines is 1. The van der Waals surface area contributed by atoms with Crippen LogP contribution in [0.25, 0.3) is 21.8 Å². The third-order valence-electron chi connectivity index (χ3n) is 25.8. The lowest BCUT2D eigenvalue weighted by Gasteiger charge is -2.36. The molecule has 3 aliphatic rings. The lowest BCUT2D eigenvalue weighted by molar-refractivity contribution is -0.149. The Morgan fingerprint density at radius 2 is 1.17 bits per heavy atom. The Morgan fingerprint density at radius 1 is 0.586 bits per heavy atom. The molecule has 5 heterocycles. The first-order valence-corrected chi connectivity index (χ1v) is 49.9. The zero-order valence-electron chi connectivity index (χ0n) is 83.4. The second kappa shape index (κ2) is 55.7. The average molecular weight is 2040 g/mol. The minimum Gasteiger partial charge on any atom is -0.508 e. The van der Waals surface area contributed by atoms with Crippen LogP contribution >= 0.6 is 11.8 Å². The van der Waals surface area contributed by atoms with Crippen molar-refractivity contribution < 1.29 is 116 Å². The highest BCUT2D eigenvalue weighted by molar-refractivity contribution is 8.00. The number of ketones is 1. The number of amides is 17. The summed E-state index contributed by atoms with van der Waals surface area (Å²) >= 11 is 0.714. The normalized spacial score (nSPS) is 24.1. The summed E-state index contributed by atoms with van der Waals surface area (Å²) in [6, 6.07) is -2.58. The van der Waals surface area contributed by atoms with Gasteiger partial charge in [0, 0.05) is 119 Å². The first-order valence-electron chi connectivity index (χ1n) is 48.7. The lowest BCUT2D eigenvalue weighted by Crippen LogP contribution is -2.61. The molecule has 2 aromatic heterocycles. The van der Waals surface area contributed by atoms with Crippen molar-refractivity contribution in [3.8, 4) is 18.1 Å². The van der Waals surface area contributed by atoms with E-state index in [4.69, 9.17) is 23.6 Å². The number of aromatic nitrogens is 2. The van der Waals surface area contributed by atoms with Crippen molar-refractivity contribution in [2.75, 3.05) is 71.9 Å². The topological polar surface area (TPSA) is 670 Å². The second-order valence-electron chi connectivity index (χ2n) is 37.8. The first kappa shape index (κ1) is 116. The van der Waals surface area contributed by atoms with E-state index in [2.05, 4.69) is 69.4 Å². The zero-order valence-corrected chi connectivity index (χ0v) is 84.2. The summed E-state index contributed by atoms with van der Waals surface area (Å²) in [4.78, 5) is 299. The number of aliphatic hydroxyl groups is 1. The second-order valence-corrected chi connectivity index (χ2v) is 38.8. The van der Waals surface area contributed by atoms with Gasteiger partial charge in [0.25, 0.3) is 0 Å². The third kappa shape index (κ3) is 33.2. The van der Waals surface area contributed by atoms with Gasteiger partial charge in [-0.2, -0.15) is 0 Å². The number of carboxylic acid groups (broad SMARTS) is 2. The number of primary amides is 1. The molecule has 3 aliphatic heterocycles. The zero-order chi connectivity index (χ0) is 107. The maximum atomic E-state index is 16.1. The van der Waals surface area contributed by atoms with E-state index in [-0.39, 0.29) is 95.4 Å². The van der Waals surface area contributed by atoms with Crippen molar-refractivity contribution in [1.29, 1.82) is 0 Å². The van der Waals surface area contributed by atoms with Gasteiger partial charge in [0.05, 0.1) is 37.4 Å². The molecule has 145 heavy (non-hydrogen) atoms. The summed E-state index contributed by atoms with van der Waals surface area (Å²) in [6.45, 7) is 8.13. The molecule has 0 saturated carbocycles. The van der Waals surface area contributed by atoms with Gasteiger partial charge in [0.2, 0.25) is 100 Å². The largest absolute Gasteiger partial charge is 0.508 e. The van der Waals surface area contributed by atoms with Crippen molar-refractivity contribution in [2.45, 2.75) is 261 Å². The number of phenolic OH excluding ortho intramolecular Hbond substituents is 1. The van der Waals surface area contributed by atoms with Crippen LogP contribution < -0.4 is 75.7 Å². The number of likely N-dealkylation sites (N-methyl/N-ethyl adjacent to an activating group) is 3. The number of phenols is 1. The molecule has 17 amide bonds. The van der Waals surface area contributed by atoms with E-state index in [1.54, 1.807) is 82.4 Å². The fourth-order valence-electron chi connectivity index (χ4n) is 17.9. The number of carbonyl (C=O) groups is 20. The molecule has 0 radical (unpaired) electrons. The predicted octanol–water partition coefficient (Wildman–Crippen LogP) is -1.92. The fraction of sp³-hybridized carbons (Fsp3) is 0.556. The number of aliphatic hydroxyl groups excluding tert-OH is 1. The molecular weight excluding hydrogens is 1900 g/mol. The van der Waals surface area contributed by atoms with Gasteiger partial charge in [-0.15, -0.1) is 24.1 Å². The number of aromatic hydroxyl groups is 1. The molecule has 46 heteroatoms. The number of hydrogen-bond donors (Lipinski definition) is 19. The standard InChI is InChI=1S/C99H139N21O24S/c1-12-15-26-76-92(136)109-68(37-54(4)5)90(134)114-74(88(132)105-47-82(125)104-48-83(126)106-67(22-14-3)99(143)144)52-145-53-84(127)107-70(39-57-30-32-61(121)33-31-57)94(138)115(9)56(8)86(130)110-72(44-81(102)124)96(140)119-36-21-29-77(119)93(137)113-73(45-101)91(135)111-69(38-55(6)7)97(141)120-50-62(122)43-79(120)80(123)42-58(40-59-46-103-65-25-19-17-23-63(59)65)87(131)108-66(34-35-100)89(133)112-71(95(139)117(11)78(27-16-13-2)98(142)116(76)10)41-60-49-118(51-85(128)129)75-28-20-18-24-64(60)75/h3,17-20,23-25,28,30-33,46,49,54-56,58,62,66-74,76-79,103,121-122H,12-13,15-16,21-22,26-27,29,34-45,47-48,50-53,100-101H2,1-2,4-11H3,(H2,102,124)(H,104,125)(H,105,132)(H,106,126)(H,107,127)(H,108,131)(H,109,136)(H,110,130)(H,111,135)(H,112,133)(H,113,137)(H,114,134)(H,128,129)(H,143,144)/t56-,58+,62+,66-,67-,68-,69-,70-,71-,72-,73-,74-,76-,77-,78-,79-/m0/s1. The number of terminal acetylenes is 1. The van der Waals surface area contributed by atoms with E-state index in [1.807, 2.05) is 13.8 Å². The quantitative estimate of drug-likeness (QED) is 0.0215. The summed E-state index contributed by atoms with van der Waals surface area (Å²) in [5.41, 5.74) is 20.5. The minimum atomic E-state index is -1.80. The highest BCUT2D eigenvalue weighted by Crippen LogP contribution is 2.31. The molecule has 790 valence electrons. The predicted molar refractivity (Wildman–Crippen MR) is 533 cm³/mol. The number of hydrogen-bond acceptors (Lipinski definition) is 25. The Balaban J connectivity index is 1.21. The Bertz CT molecular complexity index is 5530. The molecule has 0 aliphatic carbocycles. The van der Waals surface area contributed by atoms with Crippen LogP contribution in [0.3, 0.4) is 0 Å². The van der Waals surface area contributed by atoms with Gasteiger partial charge in [-0.1, -0.05) is 116 Å². The van der Waals surface area contributed by atoms with Gasteiger partial charge in [0.15, 0.2) is 5.78 Å². The number of H-pyrrole nitrogens is 1. The minimum absolute atomic E-state index is 0.0353. The molecule has 3 fully saturated rings. The van der Waals surface area contributed by atoms with E-state index >= 15 is 38.4 Å². The lowest BCUT2D eigenvalue weighted by atomic mass is 9.90.